The highest BCUT2D eigenvalue weighted by Gasteiger charge is 2.12. The summed E-state index contributed by atoms with van der Waals surface area (Å²) in [6.45, 7) is 9.33. The van der Waals surface area contributed by atoms with Crippen LogP contribution in [0.3, 0.4) is 0 Å². The molecule has 0 atom stereocenters. The summed E-state index contributed by atoms with van der Waals surface area (Å²) in [6, 6.07) is 5.33. The molecule has 0 N–H and O–H groups in total. The Morgan fingerprint density at radius 1 is 0.250 bits per heavy atom. The molecule has 0 saturated carbocycles. The van der Waals surface area contributed by atoms with Crippen LogP contribution in [0, 0.1) is 0 Å². The molecule has 0 fully saturated rings. The minimum atomic E-state index is 1.26. The number of hydrogen-bond donors (Lipinski definition) is 0. The molecule has 282 valence electrons. The van der Waals surface area contributed by atoms with Crippen molar-refractivity contribution in [2.45, 2.75) is 272 Å². The number of benzene rings is 1. The third-order valence-corrected chi connectivity index (χ3v) is 11.2. The zero-order valence-corrected chi connectivity index (χ0v) is 34.0. The Bertz CT molecular complexity index is 727. The fourth-order valence-electron chi connectivity index (χ4n) is 8.00. The van der Waals surface area contributed by atoms with E-state index >= 15 is 0 Å². The Labute approximate surface area is 305 Å². The number of hydrogen-bond acceptors (Lipinski definition) is 0. The second-order valence-corrected chi connectivity index (χ2v) is 16.0. The van der Waals surface area contributed by atoms with E-state index in [2.05, 4.69) is 39.8 Å². The minimum Gasteiger partial charge on any atom is -0.0654 e. The average molecular weight is 667 g/mol. The van der Waals surface area contributed by atoms with Crippen molar-refractivity contribution in [2.75, 3.05) is 0 Å². The van der Waals surface area contributed by atoms with Gasteiger partial charge in [0.15, 0.2) is 0 Å². The second-order valence-electron chi connectivity index (χ2n) is 16.0. The number of unbranched alkanes of at least 4 members (excludes halogenated alkanes) is 30. The normalized spacial score (nSPS) is 11.6. The highest BCUT2D eigenvalue weighted by Crippen LogP contribution is 2.26. The first-order valence-corrected chi connectivity index (χ1v) is 22.9. The lowest BCUT2D eigenvalue weighted by Gasteiger charge is -2.18. The van der Waals surface area contributed by atoms with Gasteiger partial charge in [-0.05, 0) is 67.2 Å². The van der Waals surface area contributed by atoms with E-state index in [0.29, 0.717) is 0 Å². The van der Waals surface area contributed by atoms with Crippen molar-refractivity contribution >= 4 is 0 Å². The van der Waals surface area contributed by atoms with Crippen molar-refractivity contribution in [3.63, 3.8) is 0 Å². The van der Waals surface area contributed by atoms with Crippen LogP contribution < -0.4 is 0 Å². The molecule has 0 bridgehead atoms. The molecule has 1 aromatic rings. The van der Waals surface area contributed by atoms with Gasteiger partial charge in [-0.2, -0.15) is 0 Å². The minimum absolute atomic E-state index is 1.26. The van der Waals surface area contributed by atoms with Crippen molar-refractivity contribution < 1.29 is 0 Å². The van der Waals surface area contributed by atoms with E-state index in [4.69, 9.17) is 0 Å². The van der Waals surface area contributed by atoms with Crippen molar-refractivity contribution in [3.8, 4) is 0 Å². The zero-order valence-electron chi connectivity index (χ0n) is 34.0. The first-order valence-electron chi connectivity index (χ1n) is 22.9. The van der Waals surface area contributed by atoms with Crippen LogP contribution in [0.4, 0.5) is 0 Å². The molecule has 0 heterocycles. The first-order chi connectivity index (χ1) is 23.8. The summed E-state index contributed by atoms with van der Waals surface area (Å²) >= 11 is 0. The van der Waals surface area contributed by atoms with E-state index in [1.165, 1.54) is 244 Å². The SMILES string of the molecule is CCCCCCCCCCCCCc1cc(CCC)cc(CCCCCCCCCCCCC)c1CCCCCCCCCCCCC. The van der Waals surface area contributed by atoms with E-state index in [1.807, 2.05) is 0 Å². The molecule has 0 amide bonds. The monoisotopic (exact) mass is 667 g/mol. The van der Waals surface area contributed by atoms with Crippen LogP contribution in [0.5, 0.6) is 0 Å². The molecule has 0 saturated heterocycles. The molecular weight excluding hydrogens is 577 g/mol. The van der Waals surface area contributed by atoms with Gasteiger partial charge in [-0.1, -0.05) is 239 Å². The maximum Gasteiger partial charge on any atom is -0.0273 e. The van der Waals surface area contributed by atoms with Crippen LogP contribution in [0.2, 0.25) is 0 Å². The zero-order chi connectivity index (χ0) is 34.6. The fourth-order valence-corrected chi connectivity index (χ4v) is 8.00. The van der Waals surface area contributed by atoms with Gasteiger partial charge in [-0.3, -0.25) is 0 Å². The van der Waals surface area contributed by atoms with Crippen LogP contribution in [0.15, 0.2) is 12.1 Å². The van der Waals surface area contributed by atoms with Crippen LogP contribution in [-0.2, 0) is 25.7 Å². The van der Waals surface area contributed by atoms with E-state index in [9.17, 15) is 0 Å². The van der Waals surface area contributed by atoms with Crippen molar-refractivity contribution in [2.24, 2.45) is 0 Å². The highest BCUT2D eigenvalue weighted by molar-refractivity contribution is 5.40. The van der Waals surface area contributed by atoms with Crippen molar-refractivity contribution in [3.05, 3.63) is 34.4 Å². The van der Waals surface area contributed by atoms with Crippen LogP contribution in [0.25, 0.3) is 0 Å². The maximum absolute atomic E-state index is 2.66. The van der Waals surface area contributed by atoms with Gasteiger partial charge in [0.1, 0.15) is 0 Å². The van der Waals surface area contributed by atoms with Gasteiger partial charge < -0.3 is 0 Å². The molecule has 0 unspecified atom stereocenters. The van der Waals surface area contributed by atoms with Crippen LogP contribution in [0.1, 0.15) is 268 Å². The standard InChI is InChI=1S/C48H90/c1-5-9-12-15-18-21-24-27-30-33-36-40-46-43-45(39-8-4)44-47(41-37-34-31-28-25-22-19-16-13-10-6-2)48(46)42-38-35-32-29-26-23-20-17-14-11-7-3/h43-44H,5-42H2,1-4H3. The molecule has 1 aromatic carbocycles. The molecule has 0 aliphatic heterocycles. The average Bonchev–Trinajstić information content (AvgIpc) is 3.09. The molecule has 0 aromatic heterocycles. The van der Waals surface area contributed by atoms with E-state index in [1.54, 1.807) is 22.3 Å². The largest absolute Gasteiger partial charge is 0.0654 e. The molecule has 48 heavy (non-hydrogen) atoms. The van der Waals surface area contributed by atoms with Crippen molar-refractivity contribution in [1.82, 2.24) is 0 Å². The van der Waals surface area contributed by atoms with E-state index < -0.39 is 0 Å². The molecule has 0 nitrogen and oxygen atoms in total. The third-order valence-electron chi connectivity index (χ3n) is 11.2. The summed E-state index contributed by atoms with van der Waals surface area (Å²) < 4.78 is 0. The maximum atomic E-state index is 2.66. The van der Waals surface area contributed by atoms with E-state index in [0.717, 1.165) is 0 Å². The van der Waals surface area contributed by atoms with Crippen LogP contribution in [-0.4, -0.2) is 0 Å². The molecule has 0 spiro atoms. The predicted octanol–water partition coefficient (Wildman–Crippen LogP) is 17.2. The Morgan fingerprint density at radius 3 is 0.771 bits per heavy atom. The summed E-state index contributed by atoms with van der Waals surface area (Å²) in [5.41, 5.74) is 6.94. The molecular formula is C48H90. The van der Waals surface area contributed by atoms with Gasteiger partial charge in [0.25, 0.3) is 0 Å². The van der Waals surface area contributed by atoms with Crippen molar-refractivity contribution in [1.29, 1.82) is 0 Å². The third kappa shape index (κ3) is 27.0. The topological polar surface area (TPSA) is 0 Å². The number of aryl methyl sites for hydroxylation is 3. The van der Waals surface area contributed by atoms with Gasteiger partial charge in [-0.15, -0.1) is 0 Å². The summed E-state index contributed by atoms with van der Waals surface area (Å²) in [4.78, 5) is 0. The Morgan fingerprint density at radius 2 is 0.500 bits per heavy atom. The lowest BCUT2D eigenvalue weighted by atomic mass is 9.87. The quantitative estimate of drug-likeness (QED) is 0.0616. The fraction of sp³-hybridized carbons (Fsp3) is 0.875. The molecule has 0 aliphatic carbocycles. The van der Waals surface area contributed by atoms with Gasteiger partial charge in [0, 0.05) is 0 Å². The Hall–Kier alpha value is -0.780. The Kier molecular flexibility index (Phi) is 34.0. The number of rotatable bonds is 38. The van der Waals surface area contributed by atoms with Gasteiger partial charge in [-0.25, -0.2) is 0 Å². The lowest BCUT2D eigenvalue weighted by molar-refractivity contribution is 0.545. The molecule has 1 rings (SSSR count). The highest BCUT2D eigenvalue weighted by atomic mass is 14.2. The molecule has 0 radical (unpaired) electrons. The smallest absolute Gasteiger partial charge is 0.0273 e. The summed E-state index contributed by atoms with van der Waals surface area (Å²) in [6.07, 6.45) is 54.1. The van der Waals surface area contributed by atoms with Gasteiger partial charge in [0.05, 0.1) is 0 Å². The molecule has 0 heteroatoms. The summed E-state index contributed by atoms with van der Waals surface area (Å²) in [5.74, 6) is 0. The Balaban J connectivity index is 2.59. The predicted molar refractivity (Wildman–Crippen MR) is 221 cm³/mol. The first kappa shape index (κ1) is 45.2. The summed E-state index contributed by atoms with van der Waals surface area (Å²) in [7, 11) is 0. The summed E-state index contributed by atoms with van der Waals surface area (Å²) in [5, 5.41) is 0. The van der Waals surface area contributed by atoms with Gasteiger partial charge >= 0.3 is 0 Å². The second kappa shape index (κ2) is 36.0. The van der Waals surface area contributed by atoms with E-state index in [-0.39, 0.29) is 0 Å². The van der Waals surface area contributed by atoms with Gasteiger partial charge in [0.2, 0.25) is 0 Å². The lowest BCUT2D eigenvalue weighted by Crippen LogP contribution is -2.04. The molecule has 0 aliphatic rings. The van der Waals surface area contributed by atoms with Crippen LogP contribution >= 0.6 is 0 Å².